The highest BCUT2D eigenvalue weighted by atomic mass is 19.4. The number of amides is 1. The van der Waals surface area contributed by atoms with Gasteiger partial charge in [0, 0.05) is 13.0 Å². The Morgan fingerprint density at radius 1 is 1.24 bits per heavy atom. The summed E-state index contributed by atoms with van der Waals surface area (Å²) in [6.07, 6.45) is 2.92. The Labute approximate surface area is 122 Å². The molecule has 1 aliphatic carbocycles. The van der Waals surface area contributed by atoms with Crippen LogP contribution in [0.4, 0.5) is 13.2 Å². The second kappa shape index (κ2) is 6.78. The molecule has 0 saturated heterocycles. The average Bonchev–Trinajstić information content (AvgIpc) is 2.91. The minimum Gasteiger partial charge on any atom is -0.356 e. The summed E-state index contributed by atoms with van der Waals surface area (Å²) >= 11 is 0. The standard InChI is InChI=1S/C16H18F3NO/c17-16(18,19)14-7-5-12(6-8-14)9-10-20-15(21)11-13-3-1-2-4-13/h1,3,5-8,13H,2,4,9-11H2,(H,20,21). The molecule has 0 aliphatic heterocycles. The maximum absolute atomic E-state index is 12.4. The van der Waals surface area contributed by atoms with Crippen LogP contribution in [0.2, 0.25) is 0 Å². The first-order chi connectivity index (χ1) is 9.95. The van der Waals surface area contributed by atoms with Crippen LogP contribution in [0.5, 0.6) is 0 Å². The van der Waals surface area contributed by atoms with E-state index < -0.39 is 11.7 Å². The van der Waals surface area contributed by atoms with Crippen molar-refractivity contribution in [1.82, 2.24) is 5.32 Å². The summed E-state index contributed by atoms with van der Waals surface area (Å²) < 4.78 is 37.2. The van der Waals surface area contributed by atoms with Gasteiger partial charge in [0.25, 0.3) is 0 Å². The molecule has 1 amide bonds. The highest BCUT2D eigenvalue weighted by molar-refractivity contribution is 5.76. The fourth-order valence-electron chi connectivity index (χ4n) is 2.38. The van der Waals surface area contributed by atoms with Gasteiger partial charge >= 0.3 is 6.18 Å². The van der Waals surface area contributed by atoms with Crippen molar-refractivity contribution in [2.75, 3.05) is 6.54 Å². The molecule has 0 heterocycles. The van der Waals surface area contributed by atoms with Gasteiger partial charge in [-0.15, -0.1) is 0 Å². The van der Waals surface area contributed by atoms with Crippen LogP contribution >= 0.6 is 0 Å². The molecule has 5 heteroatoms. The zero-order valence-corrected chi connectivity index (χ0v) is 11.6. The van der Waals surface area contributed by atoms with Crippen molar-refractivity contribution in [3.63, 3.8) is 0 Å². The van der Waals surface area contributed by atoms with E-state index in [4.69, 9.17) is 0 Å². The van der Waals surface area contributed by atoms with Crippen molar-refractivity contribution in [1.29, 1.82) is 0 Å². The maximum Gasteiger partial charge on any atom is 0.416 e. The summed E-state index contributed by atoms with van der Waals surface area (Å²) in [6, 6.07) is 5.05. The van der Waals surface area contributed by atoms with Gasteiger partial charge in [0.2, 0.25) is 5.91 Å². The Morgan fingerprint density at radius 2 is 1.95 bits per heavy atom. The van der Waals surface area contributed by atoms with Crippen molar-refractivity contribution >= 4 is 5.91 Å². The van der Waals surface area contributed by atoms with E-state index in [-0.39, 0.29) is 5.91 Å². The molecule has 1 aromatic rings. The normalized spacial score (nSPS) is 18.0. The molecule has 0 saturated carbocycles. The lowest BCUT2D eigenvalue weighted by Gasteiger charge is -2.10. The van der Waals surface area contributed by atoms with Crippen molar-refractivity contribution in [2.24, 2.45) is 5.92 Å². The molecule has 2 rings (SSSR count). The predicted molar refractivity (Wildman–Crippen MR) is 74.6 cm³/mol. The van der Waals surface area contributed by atoms with Crippen LogP contribution in [0.25, 0.3) is 0 Å². The number of alkyl halides is 3. The molecule has 1 N–H and O–H groups in total. The Morgan fingerprint density at radius 3 is 2.52 bits per heavy atom. The lowest BCUT2D eigenvalue weighted by Crippen LogP contribution is -2.27. The number of hydrogen-bond acceptors (Lipinski definition) is 1. The number of rotatable bonds is 5. The third-order valence-corrected chi connectivity index (χ3v) is 3.58. The van der Waals surface area contributed by atoms with Crippen LogP contribution in [0.15, 0.2) is 36.4 Å². The summed E-state index contributed by atoms with van der Waals surface area (Å²) in [4.78, 5) is 11.7. The molecule has 0 fully saturated rings. The molecule has 0 bridgehead atoms. The fraction of sp³-hybridized carbons (Fsp3) is 0.438. The topological polar surface area (TPSA) is 29.1 Å². The van der Waals surface area contributed by atoms with Gasteiger partial charge in [-0.3, -0.25) is 4.79 Å². The summed E-state index contributed by atoms with van der Waals surface area (Å²) in [7, 11) is 0. The first-order valence-electron chi connectivity index (χ1n) is 7.04. The lowest BCUT2D eigenvalue weighted by molar-refractivity contribution is -0.137. The van der Waals surface area contributed by atoms with Crippen molar-refractivity contribution in [2.45, 2.75) is 31.9 Å². The van der Waals surface area contributed by atoms with E-state index in [1.165, 1.54) is 12.1 Å². The first-order valence-corrected chi connectivity index (χ1v) is 7.04. The zero-order valence-electron chi connectivity index (χ0n) is 11.6. The molecule has 0 aromatic heterocycles. The highest BCUT2D eigenvalue weighted by Gasteiger charge is 2.29. The molecule has 21 heavy (non-hydrogen) atoms. The number of carbonyl (C=O) groups excluding carboxylic acids is 1. The zero-order chi connectivity index (χ0) is 15.3. The van der Waals surface area contributed by atoms with Gasteiger partial charge in [-0.05, 0) is 42.9 Å². The molecular weight excluding hydrogens is 279 g/mol. The smallest absolute Gasteiger partial charge is 0.356 e. The highest BCUT2D eigenvalue weighted by Crippen LogP contribution is 2.29. The van der Waals surface area contributed by atoms with E-state index >= 15 is 0 Å². The van der Waals surface area contributed by atoms with E-state index in [0.29, 0.717) is 25.3 Å². The molecule has 2 nitrogen and oxygen atoms in total. The number of halogens is 3. The Balaban J connectivity index is 1.73. The van der Waals surface area contributed by atoms with Crippen LogP contribution in [0.1, 0.15) is 30.4 Å². The summed E-state index contributed by atoms with van der Waals surface area (Å²) in [5.74, 6) is 0.328. The lowest BCUT2D eigenvalue weighted by atomic mass is 10.0. The molecular formula is C16H18F3NO. The van der Waals surface area contributed by atoms with E-state index in [1.54, 1.807) is 0 Å². The van der Waals surface area contributed by atoms with Gasteiger partial charge in [0.05, 0.1) is 5.56 Å². The largest absolute Gasteiger partial charge is 0.416 e. The molecule has 0 radical (unpaired) electrons. The SMILES string of the molecule is O=C(CC1C=CCC1)NCCc1ccc(C(F)(F)F)cc1. The molecule has 0 spiro atoms. The monoisotopic (exact) mass is 297 g/mol. The van der Waals surface area contributed by atoms with Crippen molar-refractivity contribution in [3.05, 3.63) is 47.5 Å². The van der Waals surface area contributed by atoms with Crippen LogP contribution in [-0.2, 0) is 17.4 Å². The Bertz CT molecular complexity index is 505. The fourth-order valence-corrected chi connectivity index (χ4v) is 2.38. The first kappa shape index (κ1) is 15.6. The molecule has 1 unspecified atom stereocenters. The van der Waals surface area contributed by atoms with Crippen LogP contribution in [0.3, 0.4) is 0 Å². The maximum atomic E-state index is 12.4. The average molecular weight is 297 g/mol. The van der Waals surface area contributed by atoms with Gasteiger partial charge in [0.1, 0.15) is 0 Å². The Kier molecular flexibility index (Phi) is 5.04. The van der Waals surface area contributed by atoms with Gasteiger partial charge in [0.15, 0.2) is 0 Å². The number of hydrogen-bond donors (Lipinski definition) is 1. The van der Waals surface area contributed by atoms with E-state index in [2.05, 4.69) is 17.5 Å². The summed E-state index contributed by atoms with van der Waals surface area (Å²) in [5.41, 5.74) is 0.132. The second-order valence-electron chi connectivity index (χ2n) is 5.26. The molecule has 1 aromatic carbocycles. The van der Waals surface area contributed by atoms with E-state index in [9.17, 15) is 18.0 Å². The van der Waals surface area contributed by atoms with Crippen LogP contribution in [-0.4, -0.2) is 12.5 Å². The van der Waals surface area contributed by atoms with Crippen LogP contribution < -0.4 is 5.32 Å². The van der Waals surface area contributed by atoms with Gasteiger partial charge in [-0.25, -0.2) is 0 Å². The van der Waals surface area contributed by atoms with Gasteiger partial charge < -0.3 is 5.32 Å². The van der Waals surface area contributed by atoms with Crippen molar-refractivity contribution < 1.29 is 18.0 Å². The van der Waals surface area contributed by atoms with E-state index in [0.717, 1.165) is 30.5 Å². The number of benzene rings is 1. The summed E-state index contributed by atoms with van der Waals surface area (Å²) in [5, 5.41) is 2.81. The minimum absolute atomic E-state index is 0.00142. The Hall–Kier alpha value is -1.78. The molecule has 1 aliphatic rings. The number of allylic oxidation sites excluding steroid dienone is 2. The quantitative estimate of drug-likeness (QED) is 0.825. The predicted octanol–water partition coefficient (Wildman–Crippen LogP) is 3.72. The number of carbonyl (C=O) groups is 1. The third kappa shape index (κ3) is 4.92. The van der Waals surface area contributed by atoms with Crippen LogP contribution in [0, 0.1) is 5.92 Å². The minimum atomic E-state index is -4.30. The molecule has 1 atom stereocenters. The second-order valence-corrected chi connectivity index (χ2v) is 5.26. The van der Waals surface area contributed by atoms with Crippen molar-refractivity contribution in [3.8, 4) is 0 Å². The van der Waals surface area contributed by atoms with Gasteiger partial charge in [-0.2, -0.15) is 13.2 Å². The van der Waals surface area contributed by atoms with Gasteiger partial charge in [-0.1, -0.05) is 24.3 Å². The summed E-state index contributed by atoms with van der Waals surface area (Å²) in [6.45, 7) is 0.445. The third-order valence-electron chi connectivity index (χ3n) is 3.58. The van der Waals surface area contributed by atoms with E-state index in [1.807, 2.05) is 0 Å². The number of nitrogens with one attached hydrogen (secondary N) is 1. The molecule has 114 valence electrons.